The minimum Gasteiger partial charge on any atom is -0.493 e. The number of amides is 2. The maximum atomic E-state index is 12.3. The van der Waals surface area contributed by atoms with E-state index < -0.39 is 0 Å². The third kappa shape index (κ3) is 4.85. The third-order valence-corrected chi connectivity index (χ3v) is 4.37. The van der Waals surface area contributed by atoms with Crippen molar-refractivity contribution in [2.24, 2.45) is 0 Å². The number of ether oxygens (including phenoxy) is 2. The molecule has 1 aliphatic heterocycles. The summed E-state index contributed by atoms with van der Waals surface area (Å²) in [6.45, 7) is 1.41. The van der Waals surface area contributed by atoms with Gasteiger partial charge in [0.25, 0.3) is 0 Å². The van der Waals surface area contributed by atoms with Gasteiger partial charge in [0.05, 0.1) is 26.8 Å². The van der Waals surface area contributed by atoms with Crippen molar-refractivity contribution in [2.45, 2.75) is 25.4 Å². The van der Waals surface area contributed by atoms with Crippen LogP contribution in [0.25, 0.3) is 0 Å². The summed E-state index contributed by atoms with van der Waals surface area (Å²) in [6, 6.07) is 5.34. The number of rotatable bonds is 7. The molecule has 1 saturated heterocycles. The molecule has 1 unspecified atom stereocenters. The molecular weight excluding hydrogens is 322 g/mol. The van der Waals surface area contributed by atoms with E-state index in [9.17, 15) is 9.59 Å². The van der Waals surface area contributed by atoms with Gasteiger partial charge in [-0.1, -0.05) is 6.07 Å². The zero-order chi connectivity index (χ0) is 18.4. The van der Waals surface area contributed by atoms with Crippen molar-refractivity contribution in [1.29, 1.82) is 0 Å². The van der Waals surface area contributed by atoms with Gasteiger partial charge in [0.15, 0.2) is 11.5 Å². The van der Waals surface area contributed by atoms with Gasteiger partial charge in [-0.3, -0.25) is 14.5 Å². The fourth-order valence-electron chi connectivity index (χ4n) is 3.02. The third-order valence-electron chi connectivity index (χ3n) is 4.37. The number of likely N-dealkylation sites (N-methyl/N-ethyl adjacent to an activating group) is 1. The van der Waals surface area contributed by atoms with E-state index in [1.54, 1.807) is 33.2 Å². The second kappa shape index (κ2) is 8.71. The molecule has 1 aromatic carbocycles. The Bertz CT molecular complexity index is 618. The van der Waals surface area contributed by atoms with Gasteiger partial charge >= 0.3 is 0 Å². The Morgan fingerprint density at radius 2 is 1.96 bits per heavy atom. The van der Waals surface area contributed by atoms with E-state index in [1.165, 1.54) is 0 Å². The number of benzene rings is 1. The lowest BCUT2D eigenvalue weighted by atomic mass is 10.2. The zero-order valence-electron chi connectivity index (χ0n) is 15.4. The van der Waals surface area contributed by atoms with Crippen LogP contribution in [-0.4, -0.2) is 69.1 Å². The van der Waals surface area contributed by atoms with Crippen molar-refractivity contribution in [1.82, 2.24) is 15.1 Å². The van der Waals surface area contributed by atoms with E-state index in [-0.39, 0.29) is 24.4 Å². The summed E-state index contributed by atoms with van der Waals surface area (Å²) < 4.78 is 10.5. The molecule has 0 radical (unpaired) electrons. The maximum Gasteiger partial charge on any atom is 0.239 e. The molecule has 1 atom stereocenters. The Hall–Kier alpha value is -2.28. The molecule has 1 fully saturated rings. The number of hydrogen-bond donors (Lipinski definition) is 1. The average molecular weight is 349 g/mol. The second-order valence-corrected chi connectivity index (χ2v) is 6.33. The van der Waals surface area contributed by atoms with E-state index >= 15 is 0 Å². The number of hydrogen-bond acceptors (Lipinski definition) is 5. The molecule has 0 saturated carbocycles. The van der Waals surface area contributed by atoms with Crippen LogP contribution in [0, 0.1) is 0 Å². The quantitative estimate of drug-likeness (QED) is 0.791. The van der Waals surface area contributed by atoms with Gasteiger partial charge in [0, 0.05) is 20.6 Å². The number of carbonyl (C=O) groups excluding carboxylic acids is 2. The minimum absolute atomic E-state index is 0.0604. The van der Waals surface area contributed by atoms with Gasteiger partial charge in [-0.05, 0) is 37.1 Å². The van der Waals surface area contributed by atoms with Crippen molar-refractivity contribution in [3.8, 4) is 11.5 Å². The summed E-state index contributed by atoms with van der Waals surface area (Å²) in [5.41, 5.74) is 0.924. The number of nitrogens with zero attached hydrogens (tertiary/aromatic N) is 2. The normalized spacial score (nSPS) is 17.2. The van der Waals surface area contributed by atoms with Crippen molar-refractivity contribution >= 4 is 11.8 Å². The van der Waals surface area contributed by atoms with E-state index in [1.807, 2.05) is 23.1 Å². The Morgan fingerprint density at radius 1 is 1.24 bits per heavy atom. The molecule has 138 valence electrons. The molecular formula is C18H27N3O4. The first kappa shape index (κ1) is 19.1. The van der Waals surface area contributed by atoms with Crippen molar-refractivity contribution < 1.29 is 19.1 Å². The van der Waals surface area contributed by atoms with Crippen molar-refractivity contribution in [3.05, 3.63) is 23.8 Å². The van der Waals surface area contributed by atoms with E-state index in [2.05, 4.69) is 5.32 Å². The van der Waals surface area contributed by atoms with Gasteiger partial charge in [0.1, 0.15) is 0 Å². The van der Waals surface area contributed by atoms with Crippen LogP contribution in [0.1, 0.15) is 18.4 Å². The molecule has 7 heteroatoms. The van der Waals surface area contributed by atoms with Crippen molar-refractivity contribution in [2.75, 3.05) is 41.4 Å². The lowest BCUT2D eigenvalue weighted by Gasteiger charge is -2.25. The Labute approximate surface area is 148 Å². The van der Waals surface area contributed by atoms with Gasteiger partial charge in [-0.15, -0.1) is 0 Å². The summed E-state index contributed by atoms with van der Waals surface area (Å²) >= 11 is 0. The molecule has 25 heavy (non-hydrogen) atoms. The monoisotopic (exact) mass is 349 g/mol. The Morgan fingerprint density at radius 3 is 2.60 bits per heavy atom. The van der Waals surface area contributed by atoms with Crippen LogP contribution in [0.5, 0.6) is 11.5 Å². The molecule has 7 nitrogen and oxygen atoms in total. The van der Waals surface area contributed by atoms with Crippen molar-refractivity contribution in [3.63, 3.8) is 0 Å². The molecule has 2 amide bonds. The Kier molecular flexibility index (Phi) is 6.64. The summed E-state index contributed by atoms with van der Waals surface area (Å²) in [5.74, 6) is 1.25. The van der Waals surface area contributed by atoms with E-state index in [0.717, 1.165) is 24.9 Å². The highest BCUT2D eigenvalue weighted by molar-refractivity contribution is 5.83. The predicted molar refractivity (Wildman–Crippen MR) is 94.7 cm³/mol. The molecule has 0 aromatic heterocycles. The fourth-order valence-corrected chi connectivity index (χ4v) is 3.02. The summed E-state index contributed by atoms with van der Waals surface area (Å²) in [6.07, 6.45) is 1.74. The van der Waals surface area contributed by atoms with Gasteiger partial charge in [0.2, 0.25) is 11.8 Å². The Balaban J connectivity index is 1.89. The molecule has 2 rings (SSSR count). The number of nitrogens with one attached hydrogen (secondary N) is 1. The first-order valence-corrected chi connectivity index (χ1v) is 8.39. The molecule has 1 heterocycles. The van der Waals surface area contributed by atoms with Crippen LogP contribution in [0.15, 0.2) is 18.2 Å². The van der Waals surface area contributed by atoms with Crippen LogP contribution >= 0.6 is 0 Å². The zero-order valence-corrected chi connectivity index (χ0v) is 15.4. The maximum absolute atomic E-state index is 12.3. The largest absolute Gasteiger partial charge is 0.493 e. The number of carbonyl (C=O) groups is 2. The minimum atomic E-state index is -0.193. The van der Waals surface area contributed by atoms with Gasteiger partial charge in [-0.25, -0.2) is 0 Å². The highest BCUT2D eigenvalue weighted by atomic mass is 16.5. The highest BCUT2D eigenvalue weighted by Gasteiger charge is 2.32. The van der Waals surface area contributed by atoms with Gasteiger partial charge < -0.3 is 19.7 Å². The smallest absolute Gasteiger partial charge is 0.239 e. The van der Waals surface area contributed by atoms with E-state index in [0.29, 0.717) is 18.0 Å². The lowest BCUT2D eigenvalue weighted by molar-refractivity contribution is -0.134. The molecule has 1 aromatic rings. The molecule has 1 aliphatic rings. The summed E-state index contributed by atoms with van der Waals surface area (Å²) in [7, 11) is 6.65. The topological polar surface area (TPSA) is 71.1 Å². The highest BCUT2D eigenvalue weighted by Crippen LogP contribution is 2.27. The van der Waals surface area contributed by atoms with Crippen LogP contribution in [-0.2, 0) is 16.1 Å². The SMILES string of the molecule is COc1ccc(CNC(=O)CN2CCCC2C(=O)N(C)C)cc1OC. The van der Waals surface area contributed by atoms with Crippen LogP contribution in [0.3, 0.4) is 0 Å². The van der Waals surface area contributed by atoms with Crippen LogP contribution in [0.4, 0.5) is 0 Å². The standard InChI is InChI=1S/C18H27N3O4/c1-20(2)18(23)14-6-5-9-21(14)12-17(22)19-11-13-7-8-15(24-3)16(10-13)25-4/h7-8,10,14H,5-6,9,11-12H2,1-4H3,(H,19,22). The molecule has 1 N–H and O–H groups in total. The first-order valence-electron chi connectivity index (χ1n) is 8.39. The summed E-state index contributed by atoms with van der Waals surface area (Å²) in [4.78, 5) is 28.0. The second-order valence-electron chi connectivity index (χ2n) is 6.33. The summed E-state index contributed by atoms with van der Waals surface area (Å²) in [5, 5.41) is 2.90. The van der Waals surface area contributed by atoms with Crippen LogP contribution < -0.4 is 14.8 Å². The first-order chi connectivity index (χ1) is 12.0. The van der Waals surface area contributed by atoms with Gasteiger partial charge in [-0.2, -0.15) is 0 Å². The molecule has 0 bridgehead atoms. The lowest BCUT2D eigenvalue weighted by Crippen LogP contribution is -2.46. The number of methoxy groups -OCH3 is 2. The molecule has 0 spiro atoms. The predicted octanol–water partition coefficient (Wildman–Crippen LogP) is 0.873. The van der Waals surface area contributed by atoms with Crippen LogP contribution in [0.2, 0.25) is 0 Å². The van der Waals surface area contributed by atoms with E-state index in [4.69, 9.17) is 9.47 Å². The number of likely N-dealkylation sites (tertiary alicyclic amines) is 1. The fraction of sp³-hybridized carbons (Fsp3) is 0.556. The average Bonchev–Trinajstić information content (AvgIpc) is 3.06. The molecule has 0 aliphatic carbocycles.